The maximum atomic E-state index is 9.08. The van der Waals surface area contributed by atoms with Crippen molar-refractivity contribution in [3.8, 4) is 0 Å². The van der Waals surface area contributed by atoms with Crippen LogP contribution in [0.15, 0.2) is 30.6 Å². The fourth-order valence-electron chi connectivity index (χ4n) is 1.72. The molecule has 0 bridgehead atoms. The molecule has 16 heavy (non-hydrogen) atoms. The molecule has 2 heterocycles. The van der Waals surface area contributed by atoms with Gasteiger partial charge < -0.3 is 10.4 Å². The Morgan fingerprint density at radius 3 is 3.12 bits per heavy atom. The first-order chi connectivity index (χ1) is 7.85. The van der Waals surface area contributed by atoms with Crippen molar-refractivity contribution in [3.63, 3.8) is 0 Å². The predicted octanol–water partition coefficient (Wildman–Crippen LogP) is 1.19. The standard InChI is InChI=1S/C12H17N3O/c1-2-11(9-16)13-7-10-8-14-15-6-4-3-5-12(10)15/h3-6,8,11,13,16H,2,7,9H2,1H3/t11-/m1/s1. The summed E-state index contributed by atoms with van der Waals surface area (Å²) in [5.41, 5.74) is 2.27. The number of nitrogens with zero attached hydrogens (tertiary/aromatic N) is 2. The van der Waals surface area contributed by atoms with Gasteiger partial charge in [-0.2, -0.15) is 5.10 Å². The monoisotopic (exact) mass is 219 g/mol. The lowest BCUT2D eigenvalue weighted by Gasteiger charge is -2.12. The van der Waals surface area contributed by atoms with Crippen molar-refractivity contribution in [1.29, 1.82) is 0 Å². The molecule has 4 heteroatoms. The van der Waals surface area contributed by atoms with Gasteiger partial charge in [-0.15, -0.1) is 0 Å². The largest absolute Gasteiger partial charge is 0.395 e. The van der Waals surface area contributed by atoms with E-state index in [4.69, 9.17) is 5.11 Å². The molecule has 86 valence electrons. The molecule has 2 rings (SSSR count). The van der Waals surface area contributed by atoms with E-state index in [1.54, 1.807) is 0 Å². The third-order valence-electron chi connectivity index (χ3n) is 2.80. The third-order valence-corrected chi connectivity index (χ3v) is 2.80. The second-order valence-electron chi connectivity index (χ2n) is 3.87. The predicted molar refractivity (Wildman–Crippen MR) is 63.2 cm³/mol. The van der Waals surface area contributed by atoms with Gasteiger partial charge >= 0.3 is 0 Å². The van der Waals surface area contributed by atoms with Gasteiger partial charge in [0.25, 0.3) is 0 Å². The van der Waals surface area contributed by atoms with E-state index in [9.17, 15) is 0 Å². The lowest BCUT2D eigenvalue weighted by molar-refractivity contribution is 0.238. The Kier molecular flexibility index (Phi) is 3.54. The average Bonchev–Trinajstić information content (AvgIpc) is 2.74. The fraction of sp³-hybridized carbons (Fsp3) is 0.417. The van der Waals surface area contributed by atoms with E-state index in [0.29, 0.717) is 0 Å². The van der Waals surface area contributed by atoms with Gasteiger partial charge in [-0.3, -0.25) is 0 Å². The van der Waals surface area contributed by atoms with Gasteiger partial charge in [0.05, 0.1) is 18.3 Å². The summed E-state index contributed by atoms with van der Waals surface area (Å²) in [6, 6.07) is 6.17. The number of hydrogen-bond acceptors (Lipinski definition) is 3. The highest BCUT2D eigenvalue weighted by atomic mass is 16.3. The van der Waals surface area contributed by atoms with Crippen molar-refractivity contribution in [2.75, 3.05) is 6.61 Å². The maximum Gasteiger partial charge on any atom is 0.0706 e. The van der Waals surface area contributed by atoms with Crippen molar-refractivity contribution in [1.82, 2.24) is 14.9 Å². The molecule has 2 N–H and O–H groups in total. The Morgan fingerprint density at radius 1 is 1.50 bits per heavy atom. The molecule has 0 spiro atoms. The Bertz CT molecular complexity index is 448. The Labute approximate surface area is 94.9 Å². The van der Waals surface area contributed by atoms with Gasteiger partial charge in [0.2, 0.25) is 0 Å². The van der Waals surface area contributed by atoms with Gasteiger partial charge in [-0.05, 0) is 18.6 Å². The summed E-state index contributed by atoms with van der Waals surface area (Å²) in [5, 5.41) is 16.7. The summed E-state index contributed by atoms with van der Waals surface area (Å²) >= 11 is 0. The molecular formula is C12H17N3O. The Morgan fingerprint density at radius 2 is 2.38 bits per heavy atom. The fourth-order valence-corrected chi connectivity index (χ4v) is 1.72. The highest BCUT2D eigenvalue weighted by Gasteiger charge is 2.06. The van der Waals surface area contributed by atoms with Crippen LogP contribution in [0.4, 0.5) is 0 Å². The average molecular weight is 219 g/mol. The molecule has 1 atom stereocenters. The summed E-state index contributed by atoms with van der Waals surface area (Å²) in [5.74, 6) is 0. The van der Waals surface area contributed by atoms with E-state index >= 15 is 0 Å². The number of aromatic nitrogens is 2. The molecule has 4 nitrogen and oxygen atoms in total. The van der Waals surface area contributed by atoms with Gasteiger partial charge in [0.1, 0.15) is 0 Å². The second kappa shape index (κ2) is 5.09. The summed E-state index contributed by atoms with van der Waals surface area (Å²) in [4.78, 5) is 0. The van der Waals surface area contributed by atoms with Crippen molar-refractivity contribution < 1.29 is 5.11 Å². The molecule has 0 fully saturated rings. The molecule has 0 saturated carbocycles. The van der Waals surface area contributed by atoms with Crippen molar-refractivity contribution >= 4 is 5.52 Å². The van der Waals surface area contributed by atoms with Gasteiger partial charge in [0.15, 0.2) is 0 Å². The number of hydrogen-bond donors (Lipinski definition) is 2. The molecule has 0 aliphatic rings. The molecule has 0 amide bonds. The number of nitrogens with one attached hydrogen (secondary N) is 1. The number of pyridine rings is 1. The van der Waals surface area contributed by atoms with Gasteiger partial charge in [-0.25, -0.2) is 4.52 Å². The minimum absolute atomic E-state index is 0.165. The first-order valence-corrected chi connectivity index (χ1v) is 5.60. The first-order valence-electron chi connectivity index (χ1n) is 5.60. The van der Waals surface area contributed by atoms with Crippen LogP contribution in [-0.4, -0.2) is 27.4 Å². The first kappa shape index (κ1) is 11.1. The van der Waals surface area contributed by atoms with Crippen LogP contribution in [0.25, 0.3) is 5.52 Å². The van der Waals surface area contributed by atoms with E-state index in [1.807, 2.05) is 35.1 Å². The topological polar surface area (TPSA) is 49.6 Å². The molecule has 2 aromatic rings. The van der Waals surface area contributed by atoms with Crippen molar-refractivity contribution in [3.05, 3.63) is 36.2 Å². The smallest absolute Gasteiger partial charge is 0.0706 e. The number of aliphatic hydroxyl groups excluding tert-OH is 1. The number of aliphatic hydroxyl groups is 1. The number of rotatable bonds is 5. The molecule has 0 aromatic carbocycles. The van der Waals surface area contributed by atoms with Crippen LogP contribution in [0.5, 0.6) is 0 Å². The van der Waals surface area contributed by atoms with Crippen LogP contribution in [0, 0.1) is 0 Å². The molecule has 0 aliphatic carbocycles. The lowest BCUT2D eigenvalue weighted by atomic mass is 10.2. The van der Waals surface area contributed by atoms with Crippen LogP contribution in [0.2, 0.25) is 0 Å². The molecule has 0 saturated heterocycles. The minimum atomic E-state index is 0.165. The molecule has 2 aromatic heterocycles. The summed E-state index contributed by atoms with van der Waals surface area (Å²) < 4.78 is 1.86. The van der Waals surface area contributed by atoms with E-state index in [1.165, 1.54) is 0 Å². The van der Waals surface area contributed by atoms with E-state index in [-0.39, 0.29) is 12.6 Å². The summed E-state index contributed by atoms with van der Waals surface area (Å²) in [6.07, 6.45) is 4.73. The highest BCUT2D eigenvalue weighted by molar-refractivity contribution is 5.53. The third kappa shape index (κ3) is 2.23. The van der Waals surface area contributed by atoms with E-state index < -0.39 is 0 Å². The van der Waals surface area contributed by atoms with Gasteiger partial charge in [0, 0.05) is 24.3 Å². The lowest BCUT2D eigenvalue weighted by Crippen LogP contribution is -2.31. The quantitative estimate of drug-likeness (QED) is 0.794. The SMILES string of the molecule is CC[C@H](CO)NCc1cnn2ccccc12. The van der Waals surface area contributed by atoms with Crippen LogP contribution in [0.1, 0.15) is 18.9 Å². The zero-order chi connectivity index (χ0) is 11.4. The van der Waals surface area contributed by atoms with E-state index in [0.717, 1.165) is 24.0 Å². The maximum absolute atomic E-state index is 9.08. The van der Waals surface area contributed by atoms with Gasteiger partial charge in [-0.1, -0.05) is 13.0 Å². The zero-order valence-electron chi connectivity index (χ0n) is 9.43. The van der Waals surface area contributed by atoms with E-state index in [2.05, 4.69) is 17.3 Å². The van der Waals surface area contributed by atoms with Crippen LogP contribution < -0.4 is 5.32 Å². The van der Waals surface area contributed by atoms with Crippen LogP contribution in [-0.2, 0) is 6.54 Å². The zero-order valence-corrected chi connectivity index (χ0v) is 9.43. The van der Waals surface area contributed by atoms with Crippen molar-refractivity contribution in [2.45, 2.75) is 25.9 Å². The second-order valence-corrected chi connectivity index (χ2v) is 3.87. The Balaban J connectivity index is 2.09. The molecular weight excluding hydrogens is 202 g/mol. The molecule has 0 unspecified atom stereocenters. The Hall–Kier alpha value is -1.39. The minimum Gasteiger partial charge on any atom is -0.395 e. The molecule has 0 radical (unpaired) electrons. The molecule has 0 aliphatic heterocycles. The number of fused-ring (bicyclic) bond motifs is 1. The summed E-state index contributed by atoms with van der Waals surface area (Å²) in [7, 11) is 0. The van der Waals surface area contributed by atoms with Crippen LogP contribution >= 0.6 is 0 Å². The summed E-state index contributed by atoms with van der Waals surface area (Å²) in [6.45, 7) is 2.98. The highest BCUT2D eigenvalue weighted by Crippen LogP contribution is 2.09. The van der Waals surface area contributed by atoms with Crippen LogP contribution in [0.3, 0.4) is 0 Å². The normalized spacial score (nSPS) is 13.1. The van der Waals surface area contributed by atoms with Crippen molar-refractivity contribution in [2.24, 2.45) is 0 Å².